The Labute approximate surface area is 415 Å². The highest BCUT2D eigenvalue weighted by Crippen LogP contribution is 2.43. The molecule has 9 heteroatoms. The first-order chi connectivity index (χ1) is 33.8. The van der Waals surface area contributed by atoms with E-state index in [1.165, 1.54) is 16.7 Å². The molecular weight excluding hydrogens is 859 g/mol. The van der Waals surface area contributed by atoms with Crippen LogP contribution in [0, 0.1) is 24.0 Å². The van der Waals surface area contributed by atoms with Crippen molar-refractivity contribution < 1.29 is 23.9 Å². The average molecular weight is 940 g/mol. The van der Waals surface area contributed by atoms with Crippen LogP contribution in [0.25, 0.3) is 0 Å². The summed E-state index contributed by atoms with van der Waals surface area (Å²) < 4.78 is 17.0. The Morgan fingerprint density at radius 2 is 0.812 bits per heavy atom. The smallest absolute Gasteiger partial charge is 0.257 e. The second-order valence-corrected chi connectivity index (χ2v) is 14.9. The highest BCUT2D eigenvalue weighted by Gasteiger charge is 2.41. The van der Waals surface area contributed by atoms with Gasteiger partial charge in [-0.15, -0.1) is 0 Å². The van der Waals surface area contributed by atoms with Crippen LogP contribution in [0.3, 0.4) is 0 Å². The Balaban J connectivity index is 0.000000320. The van der Waals surface area contributed by atoms with Crippen molar-refractivity contribution in [1.29, 1.82) is 0 Å². The molecule has 4 aliphatic rings. The third kappa shape index (κ3) is 14.5. The standard InChI is InChI=1S/C16H15NO3.C16H13NO2.C16H17NO.6C2H6/c1-11-6-2-3-7-12(11)16-13-8-4-5-9-15(13)20-10-14(16)17(18)19;18-16-11-6-2-1-5-10(11)15-12-7-3-4-8-14(12)19-9-13(15)17-16;1-11-6-2-3-7-12(11)16-13-8-4-5-9-15(13)18-10-14(16)17;6*1-2/h2-9,14,16H,10H2,1H3;1-8,13,15H,9H2,(H,17,18);2-9,14,16H,10,17H2,1H3;6*1-2H3/t14-,16+;13-,15+;14-,16+;;;;;;/m111....../s1. The van der Waals surface area contributed by atoms with Crippen LogP contribution in [0.2, 0.25) is 0 Å². The Bertz CT molecular complexity index is 2420. The quantitative estimate of drug-likeness (QED) is 0.134. The summed E-state index contributed by atoms with van der Waals surface area (Å²) in [5.41, 5.74) is 16.1. The fraction of sp³-hybridized carbons (Fsp3) is 0.383. The minimum atomic E-state index is -0.744. The predicted octanol–water partition coefficient (Wildman–Crippen LogP) is 14.5. The number of fused-ring (bicyclic) bond motifs is 7. The summed E-state index contributed by atoms with van der Waals surface area (Å²) in [4.78, 5) is 23.2. The number of nitrogens with one attached hydrogen (secondary N) is 1. The van der Waals surface area contributed by atoms with Crippen molar-refractivity contribution in [2.75, 3.05) is 19.8 Å². The molecule has 4 heterocycles. The van der Waals surface area contributed by atoms with Gasteiger partial charge < -0.3 is 25.3 Å². The van der Waals surface area contributed by atoms with Gasteiger partial charge in [-0.1, -0.05) is 204 Å². The molecule has 1 amide bonds. The zero-order valence-electron chi connectivity index (χ0n) is 43.9. The summed E-state index contributed by atoms with van der Waals surface area (Å²) in [6.07, 6.45) is 0. The topological polar surface area (TPSA) is 126 Å². The highest BCUT2D eigenvalue weighted by atomic mass is 16.6. The summed E-state index contributed by atoms with van der Waals surface area (Å²) in [5.74, 6) is 2.81. The highest BCUT2D eigenvalue weighted by molar-refractivity contribution is 5.98. The summed E-state index contributed by atoms with van der Waals surface area (Å²) in [6.45, 7) is 29.4. The number of hydrogen-bond acceptors (Lipinski definition) is 7. The fourth-order valence-electron chi connectivity index (χ4n) is 8.65. The minimum absolute atomic E-state index is 0.000156. The molecule has 372 valence electrons. The minimum Gasteiger partial charge on any atom is -0.492 e. The van der Waals surface area contributed by atoms with Gasteiger partial charge in [-0.2, -0.15) is 0 Å². The van der Waals surface area contributed by atoms with E-state index in [9.17, 15) is 14.9 Å². The molecule has 6 atom stereocenters. The second-order valence-electron chi connectivity index (χ2n) is 14.9. The number of aryl methyl sites for hydroxylation is 2. The van der Waals surface area contributed by atoms with E-state index in [2.05, 4.69) is 48.6 Å². The SMILES string of the molecule is CC.CC.CC.CC.CC.CC.Cc1ccccc1[C@H]1c2ccccc2OC[C@H]1N.Cc1ccccc1[C@H]1c2ccccc2OC[C@H]1[N+](=O)[O-].O=C1N[C@@H]2COc3ccccc3[C@@H]2c2ccccc21. The number of benzene rings is 6. The van der Waals surface area contributed by atoms with Crippen molar-refractivity contribution in [1.82, 2.24) is 5.32 Å². The van der Waals surface area contributed by atoms with Gasteiger partial charge in [0.2, 0.25) is 0 Å². The third-order valence-electron chi connectivity index (χ3n) is 11.4. The predicted molar refractivity (Wildman–Crippen MR) is 288 cm³/mol. The number of para-hydroxylation sites is 3. The lowest BCUT2D eigenvalue weighted by molar-refractivity contribution is -0.528. The van der Waals surface area contributed by atoms with Crippen molar-refractivity contribution in [3.8, 4) is 17.2 Å². The van der Waals surface area contributed by atoms with E-state index in [0.717, 1.165) is 50.6 Å². The van der Waals surface area contributed by atoms with Gasteiger partial charge in [-0.05, 0) is 65.9 Å². The van der Waals surface area contributed by atoms with Crippen LogP contribution in [0.15, 0.2) is 146 Å². The van der Waals surface area contributed by atoms with Crippen molar-refractivity contribution in [3.63, 3.8) is 0 Å². The molecule has 0 unspecified atom stereocenters. The first-order valence-corrected chi connectivity index (χ1v) is 25.3. The maximum Gasteiger partial charge on any atom is 0.257 e. The molecule has 9 nitrogen and oxygen atoms in total. The average Bonchev–Trinajstić information content (AvgIpc) is 3.42. The lowest BCUT2D eigenvalue weighted by atomic mass is 9.78. The van der Waals surface area contributed by atoms with Crippen LogP contribution in [-0.4, -0.2) is 48.8 Å². The number of nitro groups is 1. The number of ether oxygens (including phenoxy) is 3. The molecule has 0 bridgehead atoms. The number of nitrogens with two attached hydrogens (primary N) is 1. The largest absolute Gasteiger partial charge is 0.492 e. The van der Waals surface area contributed by atoms with Gasteiger partial charge in [0.25, 0.3) is 11.9 Å². The molecule has 0 saturated heterocycles. The number of nitrogens with zero attached hydrogens (tertiary/aromatic N) is 1. The molecule has 4 aliphatic heterocycles. The van der Waals surface area contributed by atoms with E-state index in [0.29, 0.717) is 13.2 Å². The summed E-state index contributed by atoms with van der Waals surface area (Å²) >= 11 is 0. The number of carbonyl (C=O) groups excluding carboxylic acids is 1. The second kappa shape index (κ2) is 31.6. The lowest BCUT2D eigenvalue weighted by Crippen LogP contribution is -2.49. The van der Waals surface area contributed by atoms with Gasteiger partial charge in [0.15, 0.2) is 6.61 Å². The number of amides is 1. The Morgan fingerprint density at radius 1 is 0.464 bits per heavy atom. The first kappa shape index (κ1) is 58.7. The zero-order chi connectivity index (χ0) is 51.5. The molecule has 0 aliphatic carbocycles. The van der Waals surface area contributed by atoms with E-state index in [4.69, 9.17) is 19.9 Å². The molecule has 6 aromatic rings. The van der Waals surface area contributed by atoms with Crippen LogP contribution in [-0.2, 0) is 0 Å². The van der Waals surface area contributed by atoms with E-state index < -0.39 is 6.04 Å². The third-order valence-corrected chi connectivity index (χ3v) is 11.4. The molecular formula is C60H81N3O6. The van der Waals surface area contributed by atoms with Crippen LogP contribution in [0.5, 0.6) is 17.2 Å². The summed E-state index contributed by atoms with van der Waals surface area (Å²) in [5, 5.41) is 14.4. The molecule has 0 fully saturated rings. The van der Waals surface area contributed by atoms with Gasteiger partial charge in [0.1, 0.15) is 30.5 Å². The van der Waals surface area contributed by atoms with Crippen molar-refractivity contribution in [2.45, 2.75) is 133 Å². The van der Waals surface area contributed by atoms with E-state index in [1.807, 2.05) is 199 Å². The lowest BCUT2D eigenvalue weighted by Gasteiger charge is -2.38. The number of carbonyl (C=O) groups is 1. The monoisotopic (exact) mass is 940 g/mol. The normalized spacial score (nSPS) is 18.8. The molecule has 0 aromatic heterocycles. The molecule has 69 heavy (non-hydrogen) atoms. The molecule has 6 aromatic carbocycles. The van der Waals surface area contributed by atoms with Crippen molar-refractivity contribution in [2.24, 2.45) is 5.73 Å². The van der Waals surface area contributed by atoms with Gasteiger partial charge in [-0.3, -0.25) is 14.9 Å². The maximum absolute atomic E-state index is 12.1. The van der Waals surface area contributed by atoms with Crippen molar-refractivity contribution >= 4 is 5.91 Å². The van der Waals surface area contributed by atoms with E-state index >= 15 is 0 Å². The zero-order valence-corrected chi connectivity index (χ0v) is 43.9. The van der Waals surface area contributed by atoms with Gasteiger partial charge in [0, 0.05) is 45.1 Å². The number of rotatable bonds is 3. The van der Waals surface area contributed by atoms with Crippen molar-refractivity contribution in [3.05, 3.63) is 206 Å². The maximum atomic E-state index is 12.1. The Kier molecular flexibility index (Phi) is 26.8. The fourth-order valence-corrected chi connectivity index (χ4v) is 8.65. The van der Waals surface area contributed by atoms with E-state index in [-0.39, 0.29) is 47.3 Å². The van der Waals surface area contributed by atoms with Crippen LogP contribution < -0.4 is 25.3 Å². The molecule has 0 radical (unpaired) electrons. The number of hydrogen-bond donors (Lipinski definition) is 2. The Morgan fingerprint density at radius 3 is 1.28 bits per heavy atom. The first-order valence-electron chi connectivity index (χ1n) is 25.3. The van der Waals surface area contributed by atoms with Crippen LogP contribution in [0.1, 0.15) is 156 Å². The molecule has 0 spiro atoms. The van der Waals surface area contributed by atoms with Gasteiger partial charge >= 0.3 is 0 Å². The van der Waals surface area contributed by atoms with Crippen LogP contribution in [0.4, 0.5) is 0 Å². The summed E-state index contributed by atoms with van der Waals surface area (Å²) in [7, 11) is 0. The van der Waals surface area contributed by atoms with Gasteiger partial charge in [-0.25, -0.2) is 0 Å². The van der Waals surface area contributed by atoms with Gasteiger partial charge in [0.05, 0.1) is 12.0 Å². The molecule has 10 rings (SSSR count). The summed E-state index contributed by atoms with van der Waals surface area (Å²) in [6, 6.07) is 47.3. The molecule has 3 N–H and O–H groups in total. The van der Waals surface area contributed by atoms with E-state index in [1.54, 1.807) is 0 Å². The Hall–Kier alpha value is -6.45. The molecule has 0 saturated carbocycles. The van der Waals surface area contributed by atoms with Crippen LogP contribution >= 0.6 is 0 Å².